The second-order valence-corrected chi connectivity index (χ2v) is 5.27. The number of carbonyl (C=O) groups excluding carboxylic acids is 1. The van der Waals surface area contributed by atoms with E-state index in [4.69, 9.17) is 10.5 Å². The van der Waals surface area contributed by atoms with E-state index >= 15 is 0 Å². The Morgan fingerprint density at radius 2 is 2.04 bits per heavy atom. The molecule has 1 saturated heterocycles. The van der Waals surface area contributed by atoms with Crippen molar-refractivity contribution in [3.63, 3.8) is 0 Å². The van der Waals surface area contributed by atoms with E-state index in [1.54, 1.807) is 18.5 Å². The number of aromatic amines is 1. The van der Waals surface area contributed by atoms with Gasteiger partial charge >= 0.3 is 0 Å². The van der Waals surface area contributed by atoms with Gasteiger partial charge in [0.05, 0.1) is 18.6 Å². The van der Waals surface area contributed by atoms with E-state index in [1.165, 1.54) is 0 Å². The number of nitrogens with zero attached hydrogens (tertiary/aromatic N) is 3. The Labute approximate surface area is 138 Å². The lowest BCUT2D eigenvalue weighted by Crippen LogP contribution is -2.36. The lowest BCUT2D eigenvalue weighted by molar-refractivity contribution is 0.100. The van der Waals surface area contributed by atoms with Crippen molar-refractivity contribution < 1.29 is 9.53 Å². The van der Waals surface area contributed by atoms with E-state index in [0.717, 1.165) is 40.8 Å². The number of nitrogens with two attached hydrogens (primary N) is 1. The van der Waals surface area contributed by atoms with Gasteiger partial charge in [-0.3, -0.25) is 4.79 Å². The average Bonchev–Trinajstić information content (AvgIpc) is 2.93. The molecule has 3 aromatic rings. The Balaban J connectivity index is 0.00000156. The fourth-order valence-corrected chi connectivity index (χ4v) is 2.87. The number of carbonyl (C=O) groups is 1. The quantitative estimate of drug-likeness (QED) is 0.740. The SMILES string of the molecule is Cl.NC(=O)c1ccc2[nH]c3ncnc(N4CCOCC4)c3c2c1. The summed E-state index contributed by atoms with van der Waals surface area (Å²) in [6, 6.07) is 5.35. The van der Waals surface area contributed by atoms with Crippen LogP contribution in [0, 0.1) is 0 Å². The van der Waals surface area contributed by atoms with Gasteiger partial charge in [-0.1, -0.05) is 0 Å². The van der Waals surface area contributed by atoms with Crippen molar-refractivity contribution in [3.05, 3.63) is 30.1 Å². The number of anilines is 1. The smallest absolute Gasteiger partial charge is 0.248 e. The second-order valence-electron chi connectivity index (χ2n) is 5.27. The van der Waals surface area contributed by atoms with Crippen LogP contribution in [0.15, 0.2) is 24.5 Å². The van der Waals surface area contributed by atoms with Crippen molar-refractivity contribution in [2.75, 3.05) is 31.2 Å². The topological polar surface area (TPSA) is 97.1 Å². The van der Waals surface area contributed by atoms with Crippen LogP contribution in [0.5, 0.6) is 0 Å². The van der Waals surface area contributed by atoms with Crippen LogP contribution < -0.4 is 10.6 Å². The predicted molar refractivity (Wildman–Crippen MR) is 90.2 cm³/mol. The minimum atomic E-state index is -0.443. The van der Waals surface area contributed by atoms with Crippen LogP contribution in [0.1, 0.15) is 10.4 Å². The zero-order chi connectivity index (χ0) is 15.1. The van der Waals surface area contributed by atoms with Gasteiger partial charge in [0.25, 0.3) is 0 Å². The van der Waals surface area contributed by atoms with Gasteiger partial charge in [0.15, 0.2) is 0 Å². The summed E-state index contributed by atoms with van der Waals surface area (Å²) < 4.78 is 5.40. The summed E-state index contributed by atoms with van der Waals surface area (Å²) in [4.78, 5) is 25.6. The first-order valence-electron chi connectivity index (χ1n) is 7.13. The van der Waals surface area contributed by atoms with Gasteiger partial charge in [-0.25, -0.2) is 9.97 Å². The summed E-state index contributed by atoms with van der Waals surface area (Å²) in [5.41, 5.74) is 7.54. The standard InChI is InChI=1S/C15H15N5O2.ClH/c16-13(21)9-1-2-11-10(7-9)12-14(19-11)17-8-18-15(12)20-3-5-22-6-4-20;/h1-2,7-8H,3-6H2,(H2,16,21)(H,17,18,19);1H. The number of halogens is 1. The minimum absolute atomic E-state index is 0. The van der Waals surface area contributed by atoms with Gasteiger partial charge in [-0.15, -0.1) is 12.4 Å². The van der Waals surface area contributed by atoms with E-state index in [9.17, 15) is 4.79 Å². The Hall–Kier alpha value is -2.38. The molecule has 1 aliphatic heterocycles. The van der Waals surface area contributed by atoms with Crippen LogP contribution in [0.4, 0.5) is 5.82 Å². The summed E-state index contributed by atoms with van der Waals surface area (Å²) >= 11 is 0. The molecule has 1 aromatic carbocycles. The molecule has 4 rings (SSSR count). The number of hydrogen-bond acceptors (Lipinski definition) is 5. The summed E-state index contributed by atoms with van der Waals surface area (Å²) in [6.45, 7) is 2.93. The van der Waals surface area contributed by atoms with Crippen molar-refractivity contribution in [2.45, 2.75) is 0 Å². The number of primary amides is 1. The zero-order valence-electron chi connectivity index (χ0n) is 12.3. The Kier molecular flexibility index (Phi) is 4.06. The fourth-order valence-electron chi connectivity index (χ4n) is 2.87. The van der Waals surface area contributed by atoms with E-state index in [2.05, 4.69) is 19.9 Å². The molecule has 0 radical (unpaired) electrons. The lowest BCUT2D eigenvalue weighted by Gasteiger charge is -2.28. The molecule has 1 amide bonds. The van der Waals surface area contributed by atoms with Crippen LogP contribution in [-0.4, -0.2) is 47.2 Å². The Morgan fingerprint density at radius 1 is 1.26 bits per heavy atom. The van der Waals surface area contributed by atoms with Crippen LogP contribution >= 0.6 is 12.4 Å². The normalized spacial score (nSPS) is 14.9. The Morgan fingerprint density at radius 3 is 2.78 bits per heavy atom. The molecule has 3 N–H and O–H groups in total. The Bertz CT molecular complexity index is 873. The van der Waals surface area contributed by atoms with E-state index in [-0.39, 0.29) is 12.4 Å². The first-order chi connectivity index (χ1) is 10.7. The third-order valence-corrected chi connectivity index (χ3v) is 3.96. The van der Waals surface area contributed by atoms with Crippen molar-refractivity contribution in [2.24, 2.45) is 5.73 Å². The molecule has 0 atom stereocenters. The molecule has 1 aliphatic rings. The highest BCUT2D eigenvalue weighted by Crippen LogP contribution is 2.31. The first-order valence-corrected chi connectivity index (χ1v) is 7.13. The summed E-state index contributed by atoms with van der Waals surface area (Å²) in [5.74, 6) is 0.419. The second kappa shape index (κ2) is 6.02. The molecule has 0 aliphatic carbocycles. The van der Waals surface area contributed by atoms with Gasteiger partial charge in [0.2, 0.25) is 5.91 Å². The molecule has 23 heavy (non-hydrogen) atoms. The number of amides is 1. The van der Waals surface area contributed by atoms with Gasteiger partial charge in [0, 0.05) is 29.6 Å². The monoisotopic (exact) mass is 333 g/mol. The highest BCUT2D eigenvalue weighted by atomic mass is 35.5. The van der Waals surface area contributed by atoms with Gasteiger partial charge in [-0.2, -0.15) is 0 Å². The molecular weight excluding hydrogens is 318 g/mol. The molecule has 8 heteroatoms. The molecule has 0 saturated carbocycles. The number of H-pyrrole nitrogens is 1. The van der Waals surface area contributed by atoms with Crippen LogP contribution in [0.25, 0.3) is 21.9 Å². The highest BCUT2D eigenvalue weighted by Gasteiger charge is 2.19. The van der Waals surface area contributed by atoms with Crippen molar-refractivity contribution in [1.82, 2.24) is 15.0 Å². The number of fused-ring (bicyclic) bond motifs is 3. The zero-order valence-corrected chi connectivity index (χ0v) is 13.1. The van der Waals surface area contributed by atoms with E-state index in [0.29, 0.717) is 18.8 Å². The molecular formula is C15H16ClN5O2. The number of nitrogens with one attached hydrogen (secondary N) is 1. The summed E-state index contributed by atoms with van der Waals surface area (Å²) in [5, 5.41) is 1.83. The molecule has 0 unspecified atom stereocenters. The number of aromatic nitrogens is 3. The van der Waals surface area contributed by atoms with Gasteiger partial charge in [0.1, 0.15) is 17.8 Å². The van der Waals surface area contributed by atoms with Crippen molar-refractivity contribution in [1.29, 1.82) is 0 Å². The van der Waals surface area contributed by atoms with Crippen molar-refractivity contribution in [3.8, 4) is 0 Å². The third kappa shape index (κ3) is 2.58. The van der Waals surface area contributed by atoms with Gasteiger partial charge in [-0.05, 0) is 18.2 Å². The highest BCUT2D eigenvalue weighted by molar-refractivity contribution is 6.13. The molecule has 0 bridgehead atoms. The summed E-state index contributed by atoms with van der Waals surface area (Å²) in [6.07, 6.45) is 1.55. The summed E-state index contributed by atoms with van der Waals surface area (Å²) in [7, 11) is 0. The van der Waals surface area contributed by atoms with Crippen LogP contribution in [-0.2, 0) is 4.74 Å². The molecule has 3 heterocycles. The maximum atomic E-state index is 11.4. The van der Waals surface area contributed by atoms with E-state index in [1.807, 2.05) is 6.07 Å². The number of ether oxygens (including phenoxy) is 1. The largest absolute Gasteiger partial charge is 0.378 e. The number of benzene rings is 1. The van der Waals surface area contributed by atoms with Gasteiger partial charge < -0.3 is 20.4 Å². The van der Waals surface area contributed by atoms with E-state index < -0.39 is 5.91 Å². The van der Waals surface area contributed by atoms with Crippen LogP contribution in [0.3, 0.4) is 0 Å². The molecule has 7 nitrogen and oxygen atoms in total. The molecule has 1 fully saturated rings. The number of rotatable bonds is 2. The average molecular weight is 334 g/mol. The number of morpholine rings is 1. The molecule has 120 valence electrons. The number of hydrogen-bond donors (Lipinski definition) is 2. The first kappa shape index (κ1) is 15.5. The fraction of sp³-hybridized carbons (Fsp3) is 0.267. The lowest BCUT2D eigenvalue weighted by atomic mass is 10.1. The van der Waals surface area contributed by atoms with Crippen molar-refractivity contribution >= 4 is 46.1 Å². The molecule has 0 spiro atoms. The van der Waals surface area contributed by atoms with Crippen LogP contribution in [0.2, 0.25) is 0 Å². The predicted octanol–water partition coefficient (Wildman–Crippen LogP) is 1.47. The molecule has 2 aromatic heterocycles. The maximum absolute atomic E-state index is 11.4. The maximum Gasteiger partial charge on any atom is 0.248 e. The third-order valence-electron chi connectivity index (χ3n) is 3.96. The minimum Gasteiger partial charge on any atom is -0.378 e.